The van der Waals surface area contributed by atoms with Gasteiger partial charge in [0.25, 0.3) is 0 Å². The molecule has 1 N–H and O–H groups in total. The van der Waals surface area contributed by atoms with Gasteiger partial charge in [0.05, 0.1) is 18.9 Å². The van der Waals surface area contributed by atoms with Gasteiger partial charge in [0, 0.05) is 49.7 Å². The lowest BCUT2D eigenvalue weighted by molar-refractivity contribution is -0.0178. The fraction of sp³-hybridized carbons (Fsp3) is 0.750. The van der Waals surface area contributed by atoms with Crippen LogP contribution < -0.4 is 4.74 Å². The molecule has 2 fully saturated rings. The van der Waals surface area contributed by atoms with Crippen molar-refractivity contribution in [2.45, 2.75) is 109 Å². The van der Waals surface area contributed by atoms with Crippen LogP contribution in [0.4, 0.5) is 0 Å². The summed E-state index contributed by atoms with van der Waals surface area (Å²) in [6, 6.07) is 4.25. The Hall–Kier alpha value is -1.83. The maximum absolute atomic E-state index is 11.5. The van der Waals surface area contributed by atoms with E-state index in [-0.39, 0.29) is 16.9 Å². The van der Waals surface area contributed by atoms with Crippen LogP contribution in [0, 0.1) is 11.8 Å². The first kappa shape index (κ1) is 29.7. The van der Waals surface area contributed by atoms with Gasteiger partial charge in [-0.05, 0) is 80.9 Å². The van der Waals surface area contributed by atoms with Gasteiger partial charge in [0.15, 0.2) is 0 Å². The first-order valence-electron chi connectivity index (χ1n) is 15.5. The smallest absolute Gasteiger partial charge is 0.127 e. The number of hydrogen-bond acceptors (Lipinski definition) is 6. The van der Waals surface area contributed by atoms with Crippen molar-refractivity contribution < 1.29 is 14.6 Å². The quantitative estimate of drug-likeness (QED) is 0.240. The minimum absolute atomic E-state index is 0.0288. The maximum atomic E-state index is 11.5. The molecule has 7 nitrogen and oxygen atoms in total. The summed E-state index contributed by atoms with van der Waals surface area (Å²) >= 11 is 5.85. The van der Waals surface area contributed by atoms with Crippen LogP contribution in [-0.2, 0) is 23.2 Å². The van der Waals surface area contributed by atoms with E-state index in [4.69, 9.17) is 21.1 Å². The molecule has 3 aliphatic rings. The van der Waals surface area contributed by atoms with Gasteiger partial charge in [-0.25, -0.2) is 0 Å². The lowest BCUT2D eigenvalue weighted by Crippen LogP contribution is -2.47. The summed E-state index contributed by atoms with van der Waals surface area (Å²) in [6.07, 6.45) is 11.1. The van der Waals surface area contributed by atoms with Crippen molar-refractivity contribution in [1.29, 1.82) is 0 Å². The number of benzene rings is 1. The lowest BCUT2D eigenvalue weighted by atomic mass is 9.63. The number of rotatable bonds is 11. The van der Waals surface area contributed by atoms with Crippen molar-refractivity contribution in [3.05, 3.63) is 35.2 Å². The molecule has 2 aliphatic heterocycles. The molecule has 0 amide bonds. The Bertz CT molecular complexity index is 1130. The zero-order chi connectivity index (χ0) is 28.3. The highest BCUT2D eigenvalue weighted by atomic mass is 35.5. The number of fused-ring (bicyclic) bond motifs is 3. The van der Waals surface area contributed by atoms with Crippen molar-refractivity contribution >= 4 is 11.6 Å². The van der Waals surface area contributed by atoms with Gasteiger partial charge in [-0.15, -0.1) is 16.7 Å². The lowest BCUT2D eigenvalue weighted by Gasteiger charge is -2.49. The fourth-order valence-corrected chi connectivity index (χ4v) is 7.49. The minimum atomic E-state index is -0.266. The van der Waals surface area contributed by atoms with Crippen LogP contribution in [-0.4, -0.2) is 62.8 Å². The number of alkyl halides is 1. The number of unbranched alkanes of at least 4 members (excludes halogenated alkanes) is 3. The van der Waals surface area contributed by atoms with Crippen LogP contribution in [0.3, 0.4) is 0 Å². The molecule has 0 radical (unpaired) electrons. The zero-order valence-electron chi connectivity index (χ0n) is 25.0. The highest BCUT2D eigenvalue weighted by molar-refractivity contribution is 6.17. The Kier molecular flexibility index (Phi) is 9.33. The van der Waals surface area contributed by atoms with Crippen molar-refractivity contribution in [1.82, 2.24) is 19.9 Å². The first-order valence-corrected chi connectivity index (χ1v) is 16.0. The number of ether oxygens (including phenoxy) is 2. The number of phenols is 1. The van der Waals surface area contributed by atoms with E-state index in [0.717, 1.165) is 106 Å². The third-order valence-electron chi connectivity index (χ3n) is 9.70. The van der Waals surface area contributed by atoms with E-state index < -0.39 is 0 Å². The molecule has 2 aromatic rings. The van der Waals surface area contributed by atoms with Crippen LogP contribution in [0.25, 0.3) is 0 Å². The summed E-state index contributed by atoms with van der Waals surface area (Å²) in [5, 5.41) is 20.4. The number of morpholine rings is 1. The Labute approximate surface area is 245 Å². The summed E-state index contributed by atoms with van der Waals surface area (Å²) in [6.45, 7) is 14.2. The summed E-state index contributed by atoms with van der Waals surface area (Å²) in [7, 11) is 0. The summed E-state index contributed by atoms with van der Waals surface area (Å²) in [5.74, 6) is 3.18. The molecule has 0 spiro atoms. The Morgan fingerprint density at radius 1 is 1.10 bits per heavy atom. The number of nitrogens with zero attached hydrogens (tertiary/aromatic N) is 4. The van der Waals surface area contributed by atoms with Crippen molar-refractivity contribution in [3.8, 4) is 11.5 Å². The third kappa shape index (κ3) is 6.79. The summed E-state index contributed by atoms with van der Waals surface area (Å²) in [4.78, 5) is 2.38. The van der Waals surface area contributed by atoms with E-state index in [1.54, 1.807) is 0 Å². The van der Waals surface area contributed by atoms with Crippen molar-refractivity contribution in [3.63, 3.8) is 0 Å². The van der Waals surface area contributed by atoms with E-state index in [2.05, 4.69) is 55.2 Å². The van der Waals surface area contributed by atoms with Crippen molar-refractivity contribution in [2.24, 2.45) is 11.8 Å². The highest BCUT2D eigenvalue weighted by Gasteiger charge is 2.48. The number of aromatic nitrogens is 3. The maximum Gasteiger partial charge on any atom is 0.127 e. The molecule has 1 aromatic heterocycles. The SMILES string of the molecule is CC(C)(CCCCCCCl)c1cc(O)c2c(c1)OC(C)(C)[C@@H]1CC[C@@H](Cn3cc(CN4CCOCC4)nn3)C[C@@H]21. The van der Waals surface area contributed by atoms with Crippen LogP contribution >= 0.6 is 11.6 Å². The van der Waals surface area contributed by atoms with Gasteiger partial charge >= 0.3 is 0 Å². The average molecular weight is 573 g/mol. The number of aromatic hydroxyl groups is 1. The van der Waals surface area contributed by atoms with Gasteiger partial charge in [-0.1, -0.05) is 38.3 Å². The van der Waals surface area contributed by atoms with E-state index in [9.17, 15) is 5.11 Å². The summed E-state index contributed by atoms with van der Waals surface area (Å²) < 4.78 is 14.2. The molecule has 222 valence electrons. The molecule has 1 saturated heterocycles. The van der Waals surface area contributed by atoms with Gasteiger partial charge in [0.2, 0.25) is 0 Å². The molecular formula is C32H49ClN4O3. The molecule has 3 heterocycles. The standard InChI is InChI=1S/C32H49ClN4O3/c1-31(2,11-7-5-6-8-12-33)24-18-28(38)30-26-17-23(9-10-27(26)32(3,4)40-29(30)19-24)20-37-22-25(34-35-37)21-36-13-15-39-16-14-36/h18-19,22-23,26-27,38H,5-17,20-21H2,1-4H3/t23-,26-,27-/m1/s1. The Balaban J connectivity index is 1.28. The summed E-state index contributed by atoms with van der Waals surface area (Å²) in [5.41, 5.74) is 2.91. The first-order chi connectivity index (χ1) is 19.2. The van der Waals surface area contributed by atoms with Crippen LogP contribution in [0.2, 0.25) is 0 Å². The molecule has 3 atom stereocenters. The molecule has 0 bridgehead atoms. The van der Waals surface area contributed by atoms with Gasteiger partial charge in [0.1, 0.15) is 17.1 Å². The largest absolute Gasteiger partial charge is 0.508 e. The second-order valence-corrected chi connectivity index (χ2v) is 13.9. The molecule has 1 aliphatic carbocycles. The van der Waals surface area contributed by atoms with Crippen molar-refractivity contribution in [2.75, 3.05) is 32.2 Å². The second-order valence-electron chi connectivity index (χ2n) is 13.6. The minimum Gasteiger partial charge on any atom is -0.508 e. The second kappa shape index (κ2) is 12.6. The monoisotopic (exact) mass is 572 g/mol. The van der Waals surface area contributed by atoms with E-state index in [1.165, 1.54) is 12.8 Å². The van der Waals surface area contributed by atoms with Crippen LogP contribution in [0.1, 0.15) is 102 Å². The normalized spacial score (nSPS) is 24.8. The third-order valence-corrected chi connectivity index (χ3v) is 9.97. The zero-order valence-corrected chi connectivity index (χ0v) is 25.8. The molecule has 8 heteroatoms. The Morgan fingerprint density at radius 3 is 2.65 bits per heavy atom. The number of phenolic OH excluding ortho intramolecular Hbond substituents is 1. The van der Waals surface area contributed by atoms with E-state index in [1.807, 2.05) is 10.7 Å². The van der Waals surface area contributed by atoms with Gasteiger partial charge < -0.3 is 14.6 Å². The number of halogens is 1. The van der Waals surface area contributed by atoms with Gasteiger partial charge in [-0.2, -0.15) is 0 Å². The topological polar surface area (TPSA) is 72.6 Å². The molecule has 1 aromatic carbocycles. The molecular weight excluding hydrogens is 524 g/mol. The fourth-order valence-electron chi connectivity index (χ4n) is 7.31. The molecule has 1 saturated carbocycles. The van der Waals surface area contributed by atoms with E-state index in [0.29, 0.717) is 17.6 Å². The predicted molar refractivity (Wildman–Crippen MR) is 159 cm³/mol. The van der Waals surface area contributed by atoms with Crippen LogP contribution in [0.15, 0.2) is 18.3 Å². The predicted octanol–water partition coefficient (Wildman–Crippen LogP) is 6.65. The average Bonchev–Trinajstić information content (AvgIpc) is 3.34. The molecule has 5 rings (SSSR count). The number of hydrogen-bond donors (Lipinski definition) is 1. The molecule has 0 unspecified atom stereocenters. The molecule has 40 heavy (non-hydrogen) atoms. The Morgan fingerprint density at radius 2 is 1.88 bits per heavy atom. The van der Waals surface area contributed by atoms with E-state index >= 15 is 0 Å². The van der Waals surface area contributed by atoms with Crippen LogP contribution in [0.5, 0.6) is 11.5 Å². The highest BCUT2D eigenvalue weighted by Crippen LogP contribution is 2.56. The van der Waals surface area contributed by atoms with Gasteiger partial charge in [-0.3, -0.25) is 9.58 Å².